The van der Waals surface area contributed by atoms with E-state index in [9.17, 15) is 19.1 Å². The van der Waals surface area contributed by atoms with Crippen molar-refractivity contribution in [3.8, 4) is 5.75 Å². The van der Waals surface area contributed by atoms with Crippen LogP contribution in [-0.2, 0) is 25.7 Å². The van der Waals surface area contributed by atoms with Crippen LogP contribution in [0.1, 0.15) is 83.4 Å². The zero-order chi connectivity index (χ0) is 25.3. The molecular formula is C26H38NO6P-2. The highest BCUT2D eigenvalue weighted by Gasteiger charge is 2.61. The number of phosphoric acid groups is 1. The molecule has 3 aliphatic rings. The summed E-state index contributed by atoms with van der Waals surface area (Å²) < 4.78 is 20.7. The van der Waals surface area contributed by atoms with E-state index in [1.165, 1.54) is 50.2 Å². The van der Waals surface area contributed by atoms with E-state index in [-0.39, 0.29) is 10.8 Å². The second-order valence-corrected chi connectivity index (χ2v) is 13.2. The van der Waals surface area contributed by atoms with Crippen molar-refractivity contribution < 1.29 is 28.4 Å². The molecule has 8 heteroatoms. The molecule has 4 unspecified atom stereocenters. The summed E-state index contributed by atoms with van der Waals surface area (Å²) in [5.41, 5.74) is 10.2. The van der Waals surface area contributed by atoms with Gasteiger partial charge in [-0.3, -0.25) is 0 Å². The number of fused-ring (bicyclic) bond motifs is 5. The molecule has 2 N–H and O–H groups in total. The van der Waals surface area contributed by atoms with Gasteiger partial charge in [0.2, 0.25) is 0 Å². The second kappa shape index (κ2) is 8.41. The van der Waals surface area contributed by atoms with Crippen LogP contribution in [0.3, 0.4) is 0 Å². The molecule has 0 saturated heterocycles. The first-order chi connectivity index (χ1) is 15.6. The summed E-state index contributed by atoms with van der Waals surface area (Å²) in [6.45, 7) is 13.1. The molecule has 0 radical (unpaired) electrons. The van der Waals surface area contributed by atoms with E-state index < -0.39 is 25.9 Å². The lowest BCUT2D eigenvalue weighted by atomic mass is 9.43. The van der Waals surface area contributed by atoms with Gasteiger partial charge in [-0.15, -0.1) is 0 Å². The van der Waals surface area contributed by atoms with E-state index in [2.05, 4.69) is 39.1 Å². The van der Waals surface area contributed by atoms with Crippen molar-refractivity contribution in [2.75, 3.05) is 0 Å². The molecule has 0 aromatic heterocycles. The van der Waals surface area contributed by atoms with Gasteiger partial charge in [-0.2, -0.15) is 0 Å². The van der Waals surface area contributed by atoms with Crippen LogP contribution < -0.4 is 20.3 Å². The Kier molecular flexibility index (Phi) is 6.40. The van der Waals surface area contributed by atoms with Gasteiger partial charge in [0, 0.05) is 0 Å². The van der Waals surface area contributed by atoms with Gasteiger partial charge in [0.15, 0.2) is 0 Å². The quantitative estimate of drug-likeness (QED) is 0.380. The van der Waals surface area contributed by atoms with Crippen molar-refractivity contribution in [1.82, 2.24) is 0 Å². The molecule has 1 aromatic carbocycles. The van der Waals surface area contributed by atoms with Gasteiger partial charge in [-0.25, -0.2) is 4.79 Å². The molecule has 0 heterocycles. The number of esters is 1. The Balaban J connectivity index is 1.59. The Morgan fingerprint density at radius 1 is 1.15 bits per heavy atom. The highest BCUT2D eigenvalue weighted by molar-refractivity contribution is 7.43. The fourth-order valence-corrected chi connectivity index (χ4v) is 8.67. The second-order valence-electron chi connectivity index (χ2n) is 12.1. The maximum absolute atomic E-state index is 12.6. The molecule has 0 spiro atoms. The van der Waals surface area contributed by atoms with Gasteiger partial charge in [-0.05, 0) is 103 Å². The molecule has 7 nitrogen and oxygen atoms in total. The average Bonchev–Trinajstić information content (AvgIpc) is 2.99. The van der Waals surface area contributed by atoms with Crippen molar-refractivity contribution >= 4 is 13.8 Å². The summed E-state index contributed by atoms with van der Waals surface area (Å²) in [5, 5.41) is 0. The van der Waals surface area contributed by atoms with Crippen LogP contribution in [0, 0.1) is 29.6 Å². The summed E-state index contributed by atoms with van der Waals surface area (Å²) in [4.78, 5) is 34.3. The van der Waals surface area contributed by atoms with Gasteiger partial charge < -0.3 is 29.3 Å². The SMILES string of the molecule is Cc1cc(OC(=O)C(N)C(C)OP(=O)([O-])[O-])cc2c1C1(C)CCC3C(C)(C)CCC[C@]3(C)[C@H]1C2. The molecule has 3 aliphatic carbocycles. The van der Waals surface area contributed by atoms with Crippen LogP contribution in [0.5, 0.6) is 5.75 Å². The van der Waals surface area contributed by atoms with Crippen molar-refractivity contribution in [3.05, 3.63) is 28.8 Å². The molecular weight excluding hydrogens is 453 g/mol. The van der Waals surface area contributed by atoms with Gasteiger partial charge in [0.25, 0.3) is 0 Å². The van der Waals surface area contributed by atoms with Crippen LogP contribution in [0.2, 0.25) is 0 Å². The lowest BCUT2D eigenvalue weighted by Gasteiger charge is -2.61. The fraction of sp³-hybridized carbons (Fsp3) is 0.731. The molecule has 2 fully saturated rings. The molecule has 2 saturated carbocycles. The van der Waals surface area contributed by atoms with Crippen LogP contribution in [0.15, 0.2) is 12.1 Å². The normalized spacial score (nSPS) is 33.9. The Morgan fingerprint density at radius 2 is 1.82 bits per heavy atom. The van der Waals surface area contributed by atoms with Gasteiger partial charge in [-0.1, -0.05) is 34.1 Å². The summed E-state index contributed by atoms with van der Waals surface area (Å²) >= 11 is 0. The van der Waals surface area contributed by atoms with Crippen LogP contribution in [0.4, 0.5) is 0 Å². The molecule has 0 amide bonds. The van der Waals surface area contributed by atoms with Crippen LogP contribution in [0.25, 0.3) is 0 Å². The minimum absolute atomic E-state index is 0.1000. The summed E-state index contributed by atoms with van der Waals surface area (Å²) in [5.74, 6) is 0.806. The molecule has 0 bridgehead atoms. The van der Waals surface area contributed by atoms with Gasteiger partial charge in [0.1, 0.15) is 11.8 Å². The minimum atomic E-state index is -5.26. The molecule has 0 aliphatic heterocycles. The third-order valence-corrected chi connectivity index (χ3v) is 10.1. The summed E-state index contributed by atoms with van der Waals surface area (Å²) in [6.07, 6.45) is 5.87. The predicted octanol–water partition coefficient (Wildman–Crippen LogP) is 3.52. The van der Waals surface area contributed by atoms with Crippen LogP contribution in [-0.4, -0.2) is 18.1 Å². The maximum Gasteiger partial charge on any atom is 0.331 e. The Bertz CT molecular complexity index is 1030. The zero-order valence-corrected chi connectivity index (χ0v) is 22.1. The minimum Gasteiger partial charge on any atom is -0.790 e. The summed E-state index contributed by atoms with van der Waals surface area (Å²) in [6, 6.07) is 2.42. The number of hydrogen-bond donors (Lipinski definition) is 1. The van der Waals surface area contributed by atoms with Crippen molar-refractivity contribution in [2.24, 2.45) is 28.4 Å². The number of phosphoric ester groups is 1. The number of ether oxygens (including phenoxy) is 1. The van der Waals surface area contributed by atoms with E-state index in [4.69, 9.17) is 10.5 Å². The Hall–Kier alpha value is -1.24. The summed E-state index contributed by atoms with van der Waals surface area (Å²) in [7, 11) is -5.26. The smallest absolute Gasteiger partial charge is 0.331 e. The number of hydrogen-bond acceptors (Lipinski definition) is 7. The largest absolute Gasteiger partial charge is 0.790 e. The molecule has 4 rings (SSSR count). The number of benzene rings is 1. The first-order valence-electron chi connectivity index (χ1n) is 12.4. The highest BCUT2D eigenvalue weighted by atomic mass is 31.2. The number of nitrogens with two attached hydrogens (primary N) is 1. The van der Waals surface area contributed by atoms with Crippen molar-refractivity contribution in [1.29, 1.82) is 0 Å². The van der Waals surface area contributed by atoms with Crippen LogP contribution >= 0.6 is 7.82 Å². The third-order valence-electron chi connectivity index (χ3n) is 9.47. The molecule has 1 aromatic rings. The molecule has 34 heavy (non-hydrogen) atoms. The zero-order valence-electron chi connectivity index (χ0n) is 21.2. The van der Waals surface area contributed by atoms with E-state index in [1.807, 2.05) is 12.1 Å². The number of rotatable bonds is 5. The third kappa shape index (κ3) is 4.28. The molecule has 6 atom stereocenters. The van der Waals surface area contributed by atoms with E-state index in [1.54, 1.807) is 0 Å². The maximum atomic E-state index is 12.6. The lowest BCUT2D eigenvalue weighted by Crippen LogP contribution is -2.55. The van der Waals surface area contributed by atoms with Crippen molar-refractivity contribution in [2.45, 2.75) is 97.6 Å². The highest BCUT2D eigenvalue weighted by Crippen LogP contribution is 2.67. The number of carbonyl (C=O) groups is 1. The standard InChI is InChI=1S/C26H40NO6P/c1-15-12-18(32-23(28)22(27)16(2)33-34(29,30)31)13-17-14-20-25(5)10-7-9-24(3,4)19(25)8-11-26(20,6)21(15)17/h12-13,16,19-20,22H,7-11,14,27H2,1-6H3,(H2,29,30,31)/p-2/t16?,19?,20-,22?,25+,26?/m1/s1. The first kappa shape index (κ1) is 25.8. The Morgan fingerprint density at radius 3 is 2.47 bits per heavy atom. The number of carbonyl (C=O) groups excluding carboxylic acids is 1. The Labute approximate surface area is 203 Å². The monoisotopic (exact) mass is 491 g/mol. The topological polar surface area (TPSA) is 125 Å². The molecule has 190 valence electrons. The first-order valence-corrected chi connectivity index (χ1v) is 13.9. The predicted molar refractivity (Wildman–Crippen MR) is 126 cm³/mol. The van der Waals surface area contributed by atoms with Gasteiger partial charge >= 0.3 is 5.97 Å². The van der Waals surface area contributed by atoms with E-state index in [0.29, 0.717) is 23.0 Å². The average molecular weight is 492 g/mol. The number of aryl methyl sites for hydroxylation is 1. The van der Waals surface area contributed by atoms with Crippen molar-refractivity contribution in [3.63, 3.8) is 0 Å². The van der Waals surface area contributed by atoms with Gasteiger partial charge in [0.05, 0.1) is 13.9 Å². The van der Waals surface area contributed by atoms with E-state index >= 15 is 0 Å². The fourth-order valence-electron chi connectivity index (χ4n) is 8.13. The lowest BCUT2D eigenvalue weighted by molar-refractivity contribution is -0.344. The van der Waals surface area contributed by atoms with E-state index in [0.717, 1.165) is 12.0 Å².